The lowest BCUT2D eigenvalue weighted by Gasteiger charge is -2.17. The molecule has 1 N–H and O–H groups in total. The van der Waals surface area contributed by atoms with Crippen molar-refractivity contribution in [3.63, 3.8) is 0 Å². The molecule has 8 heteroatoms. The lowest BCUT2D eigenvalue weighted by molar-refractivity contribution is -0.140. The van der Waals surface area contributed by atoms with Gasteiger partial charge in [-0.25, -0.2) is 0 Å². The summed E-state index contributed by atoms with van der Waals surface area (Å²) in [7, 11) is 0. The molecule has 0 aliphatic heterocycles. The van der Waals surface area contributed by atoms with Crippen molar-refractivity contribution in [2.24, 2.45) is 0 Å². The topological polar surface area (TPSA) is 79.5 Å². The summed E-state index contributed by atoms with van der Waals surface area (Å²) in [4.78, 5) is 11.4. The van der Waals surface area contributed by atoms with Gasteiger partial charge in [-0.2, -0.15) is 18.4 Å². The minimum absolute atomic E-state index is 0.202. The zero-order valence-electron chi connectivity index (χ0n) is 16.2. The van der Waals surface area contributed by atoms with Crippen LogP contribution in [0.25, 0.3) is 0 Å². The fourth-order valence-corrected chi connectivity index (χ4v) is 2.83. The van der Waals surface area contributed by atoms with Crippen LogP contribution in [0.5, 0.6) is 23.0 Å². The number of carbonyl (C=O) groups excluding carboxylic acids is 1. The van der Waals surface area contributed by atoms with Crippen molar-refractivity contribution in [1.82, 2.24) is 0 Å². The maximum atomic E-state index is 13.4. The van der Waals surface area contributed by atoms with Crippen LogP contribution in [-0.4, -0.2) is 10.9 Å². The number of hydrogen-bond acceptors (Lipinski definition) is 5. The second-order valence-electron chi connectivity index (χ2n) is 6.56. The number of phenols is 1. The number of carbonyl (C=O) groups is 1. The van der Waals surface area contributed by atoms with Crippen LogP contribution in [0.1, 0.15) is 34.0 Å². The molecule has 0 aromatic heterocycles. The molecule has 0 aliphatic rings. The summed E-state index contributed by atoms with van der Waals surface area (Å²) in [5.41, 5.74) is -0.817. The Kier molecular flexibility index (Phi) is 6.16. The van der Waals surface area contributed by atoms with Gasteiger partial charge < -0.3 is 14.6 Å². The molecule has 0 spiro atoms. The Morgan fingerprint density at radius 1 is 1.06 bits per heavy atom. The van der Waals surface area contributed by atoms with E-state index >= 15 is 0 Å². The molecule has 31 heavy (non-hydrogen) atoms. The summed E-state index contributed by atoms with van der Waals surface area (Å²) < 4.78 is 51.1. The zero-order chi connectivity index (χ0) is 22.6. The average molecular weight is 427 g/mol. The lowest BCUT2D eigenvalue weighted by Crippen LogP contribution is -2.11. The number of alkyl halides is 3. The first kappa shape index (κ1) is 21.7. The van der Waals surface area contributed by atoms with Crippen molar-refractivity contribution < 1.29 is 32.5 Å². The van der Waals surface area contributed by atoms with E-state index in [9.17, 15) is 23.1 Å². The molecule has 0 saturated carbocycles. The van der Waals surface area contributed by atoms with E-state index < -0.39 is 34.6 Å². The molecular formula is C23H16F3NO4. The second-order valence-corrected chi connectivity index (χ2v) is 6.56. The Morgan fingerprint density at radius 2 is 1.77 bits per heavy atom. The molecule has 3 aromatic rings. The smallest absolute Gasteiger partial charge is 0.423 e. The van der Waals surface area contributed by atoms with Crippen LogP contribution in [-0.2, 0) is 12.8 Å². The quantitative estimate of drug-likeness (QED) is 0.499. The number of ketones is 1. The highest BCUT2D eigenvalue weighted by Crippen LogP contribution is 2.44. The summed E-state index contributed by atoms with van der Waals surface area (Å²) in [6, 6.07) is 17.1. The van der Waals surface area contributed by atoms with E-state index in [0.29, 0.717) is 22.6 Å². The Labute approximate surface area is 175 Å². The molecule has 0 unspecified atom stereocenters. The predicted molar refractivity (Wildman–Crippen MR) is 105 cm³/mol. The van der Waals surface area contributed by atoms with Crippen LogP contribution < -0.4 is 9.47 Å². The second kappa shape index (κ2) is 8.79. The van der Waals surface area contributed by atoms with E-state index in [1.54, 1.807) is 48.5 Å². The molecule has 0 fully saturated rings. The molecule has 0 amide bonds. The molecule has 0 aliphatic carbocycles. The molecule has 0 saturated heterocycles. The van der Waals surface area contributed by atoms with Crippen molar-refractivity contribution in [3.8, 4) is 29.1 Å². The Hall–Kier alpha value is -3.99. The lowest BCUT2D eigenvalue weighted by atomic mass is 10.0. The van der Waals surface area contributed by atoms with Crippen LogP contribution in [0, 0.1) is 11.3 Å². The van der Waals surface area contributed by atoms with Crippen molar-refractivity contribution in [2.75, 3.05) is 0 Å². The Morgan fingerprint density at radius 3 is 2.39 bits per heavy atom. The van der Waals surface area contributed by atoms with Gasteiger partial charge >= 0.3 is 6.18 Å². The van der Waals surface area contributed by atoms with E-state index in [4.69, 9.17) is 14.7 Å². The van der Waals surface area contributed by atoms with Crippen LogP contribution in [0.3, 0.4) is 0 Å². The molecule has 3 aromatic carbocycles. The molecule has 3 rings (SSSR count). The number of Topliss-reactive ketones (excluding diaryl/α,β-unsaturated/α-hetero) is 1. The van der Waals surface area contributed by atoms with E-state index in [0.717, 1.165) is 19.1 Å². The highest BCUT2D eigenvalue weighted by molar-refractivity contribution is 5.97. The third kappa shape index (κ3) is 5.14. The van der Waals surface area contributed by atoms with Gasteiger partial charge in [-0.15, -0.1) is 0 Å². The van der Waals surface area contributed by atoms with Gasteiger partial charge in [0.1, 0.15) is 35.2 Å². The fraction of sp³-hybridized carbons (Fsp3) is 0.130. The average Bonchev–Trinajstić information content (AvgIpc) is 2.72. The van der Waals surface area contributed by atoms with E-state index in [-0.39, 0.29) is 6.61 Å². The number of rotatable bonds is 6. The largest absolute Gasteiger partial charge is 0.506 e. The highest BCUT2D eigenvalue weighted by Gasteiger charge is 2.39. The van der Waals surface area contributed by atoms with Crippen molar-refractivity contribution in [1.29, 1.82) is 5.26 Å². The number of nitriles is 1. The first-order valence-corrected chi connectivity index (χ1v) is 9.03. The molecule has 0 atom stereocenters. The first-order chi connectivity index (χ1) is 14.7. The number of halogens is 3. The number of phenolic OH excluding ortho intramolecular Hbond substituents is 1. The van der Waals surface area contributed by atoms with Gasteiger partial charge in [-0.3, -0.25) is 4.79 Å². The molecule has 0 radical (unpaired) electrons. The van der Waals surface area contributed by atoms with Gasteiger partial charge in [0.05, 0.1) is 17.2 Å². The van der Waals surface area contributed by atoms with Crippen molar-refractivity contribution in [3.05, 3.63) is 82.9 Å². The van der Waals surface area contributed by atoms with Crippen molar-refractivity contribution in [2.45, 2.75) is 19.7 Å². The summed E-state index contributed by atoms with van der Waals surface area (Å²) in [5.74, 6) is -1.48. The molecule has 5 nitrogen and oxygen atoms in total. The highest BCUT2D eigenvalue weighted by atomic mass is 19.4. The van der Waals surface area contributed by atoms with E-state index in [2.05, 4.69) is 0 Å². The predicted octanol–water partition coefficient (Wildman–Crippen LogP) is 5.86. The fourth-order valence-electron chi connectivity index (χ4n) is 2.83. The van der Waals surface area contributed by atoms with Gasteiger partial charge in [0.25, 0.3) is 0 Å². The maximum absolute atomic E-state index is 13.4. The van der Waals surface area contributed by atoms with Gasteiger partial charge in [-0.05, 0) is 55.0 Å². The normalized spacial score (nSPS) is 10.9. The van der Waals surface area contributed by atoms with Gasteiger partial charge in [0, 0.05) is 0 Å². The van der Waals surface area contributed by atoms with Crippen LogP contribution in [0.15, 0.2) is 60.7 Å². The number of benzene rings is 3. The summed E-state index contributed by atoms with van der Waals surface area (Å²) in [6.07, 6.45) is -4.90. The molecule has 158 valence electrons. The van der Waals surface area contributed by atoms with Crippen LogP contribution >= 0.6 is 0 Å². The molecule has 0 heterocycles. The van der Waals surface area contributed by atoms with Gasteiger partial charge in [-0.1, -0.05) is 18.2 Å². The third-order valence-corrected chi connectivity index (χ3v) is 4.32. The standard InChI is InChI=1S/C23H16F3NO4/c1-14(28)19-9-10-20(21(22(19)29)23(24,25)26)30-13-15-5-7-17(8-6-15)31-18-4-2-3-16(11-18)12-27/h2-11,29H,13H2,1H3. The summed E-state index contributed by atoms with van der Waals surface area (Å²) in [6.45, 7) is 0.863. The minimum Gasteiger partial charge on any atom is -0.506 e. The van der Waals surface area contributed by atoms with Crippen molar-refractivity contribution >= 4 is 5.78 Å². The monoisotopic (exact) mass is 427 g/mol. The summed E-state index contributed by atoms with van der Waals surface area (Å²) >= 11 is 0. The SMILES string of the molecule is CC(=O)c1ccc(OCc2ccc(Oc3cccc(C#N)c3)cc2)c(C(F)(F)F)c1O. The number of ether oxygens (including phenoxy) is 2. The minimum atomic E-state index is -4.90. The Balaban J connectivity index is 1.75. The Bertz CT molecular complexity index is 1150. The molecular weight excluding hydrogens is 411 g/mol. The molecule has 0 bridgehead atoms. The number of hydrogen-bond donors (Lipinski definition) is 1. The van der Waals surface area contributed by atoms with Gasteiger partial charge in [0.15, 0.2) is 5.78 Å². The zero-order valence-corrected chi connectivity index (χ0v) is 16.2. The third-order valence-electron chi connectivity index (χ3n) is 4.32. The van der Waals surface area contributed by atoms with E-state index in [1.165, 1.54) is 0 Å². The van der Waals surface area contributed by atoms with Crippen LogP contribution in [0.2, 0.25) is 0 Å². The first-order valence-electron chi connectivity index (χ1n) is 9.03. The van der Waals surface area contributed by atoms with Gasteiger partial charge in [0.2, 0.25) is 0 Å². The maximum Gasteiger partial charge on any atom is 0.423 e. The number of nitrogens with zero attached hydrogens (tertiary/aromatic N) is 1. The summed E-state index contributed by atoms with van der Waals surface area (Å²) in [5, 5.41) is 18.9. The number of aromatic hydroxyl groups is 1. The van der Waals surface area contributed by atoms with E-state index in [1.807, 2.05) is 6.07 Å². The van der Waals surface area contributed by atoms with Crippen LogP contribution in [0.4, 0.5) is 13.2 Å².